The van der Waals surface area contributed by atoms with E-state index in [9.17, 15) is 9.59 Å². The highest BCUT2D eigenvalue weighted by atomic mass is 79.9. The normalized spacial score (nSPS) is 19.5. The van der Waals surface area contributed by atoms with Crippen LogP contribution in [0.3, 0.4) is 0 Å². The van der Waals surface area contributed by atoms with E-state index in [1.54, 1.807) is 12.2 Å². The van der Waals surface area contributed by atoms with E-state index in [1.807, 2.05) is 12.2 Å². The molecule has 0 aliphatic carbocycles. The summed E-state index contributed by atoms with van der Waals surface area (Å²) in [6.45, 7) is 10.1. The van der Waals surface area contributed by atoms with E-state index in [2.05, 4.69) is 54.7 Å². The Bertz CT molecular complexity index is 964. The van der Waals surface area contributed by atoms with Crippen LogP contribution in [0.2, 0.25) is 0 Å². The highest BCUT2D eigenvalue weighted by Crippen LogP contribution is 2.22. The largest absolute Gasteiger partial charge is 0.423 e. The predicted octanol–water partition coefficient (Wildman–Crippen LogP) is 2.89. The molecule has 0 atom stereocenters. The van der Waals surface area contributed by atoms with Gasteiger partial charge in [0.05, 0.1) is 11.2 Å². The maximum absolute atomic E-state index is 12.0. The molecule has 0 aromatic carbocycles. The van der Waals surface area contributed by atoms with Crippen molar-refractivity contribution in [1.82, 2.24) is 5.32 Å². The number of hydrogen-bond donors (Lipinski definition) is 1. The van der Waals surface area contributed by atoms with E-state index in [4.69, 9.17) is 4.42 Å². The molecule has 144 valence electrons. The lowest BCUT2D eigenvalue weighted by Gasteiger charge is -2.31. The lowest BCUT2D eigenvalue weighted by atomic mass is 9.93. The van der Waals surface area contributed by atoms with Crippen LogP contribution in [0, 0.1) is 0 Å². The first-order valence-corrected chi connectivity index (χ1v) is 10.2. The van der Waals surface area contributed by atoms with Crippen LogP contribution in [0.5, 0.6) is 0 Å². The zero-order chi connectivity index (χ0) is 20.0. The molecule has 0 saturated heterocycles. The van der Waals surface area contributed by atoms with Gasteiger partial charge in [0.1, 0.15) is 5.42 Å². The first kappa shape index (κ1) is 21.2. The molecule has 2 rings (SSSR count). The van der Waals surface area contributed by atoms with Crippen molar-refractivity contribution in [2.45, 2.75) is 45.6 Å². The molecule has 0 saturated carbocycles. The molecule has 1 N–H and O–H groups in total. The molecule has 0 bridgehead atoms. The number of hydrogen-bond acceptors (Lipinski definition) is 4. The topological polar surface area (TPSA) is 59.3 Å². The van der Waals surface area contributed by atoms with Crippen LogP contribution in [0.15, 0.2) is 51.2 Å². The molecule has 27 heavy (non-hydrogen) atoms. The third-order valence-corrected chi connectivity index (χ3v) is 4.59. The first-order valence-electron chi connectivity index (χ1n) is 9.07. The molecule has 0 unspecified atom stereocenters. The van der Waals surface area contributed by atoms with Crippen molar-refractivity contribution in [2.24, 2.45) is 0 Å². The van der Waals surface area contributed by atoms with Crippen LogP contribution in [0.25, 0.3) is 12.3 Å². The van der Waals surface area contributed by atoms with Crippen molar-refractivity contribution in [2.75, 3.05) is 5.33 Å². The SMILES string of the molecule is C=c1oc(=O)cc(CCC)/c1=C1\NC(C)(C)C=C\C1=C\CC(=O)/C=C\CBr. The van der Waals surface area contributed by atoms with Crippen LogP contribution >= 0.6 is 15.9 Å². The van der Waals surface area contributed by atoms with Crippen molar-refractivity contribution in [3.63, 3.8) is 0 Å². The highest BCUT2D eigenvalue weighted by molar-refractivity contribution is 9.09. The van der Waals surface area contributed by atoms with Gasteiger partial charge in [0.15, 0.2) is 5.78 Å². The molecule has 4 nitrogen and oxygen atoms in total. The Morgan fingerprint density at radius 2 is 2.15 bits per heavy atom. The number of alkyl halides is 1. The summed E-state index contributed by atoms with van der Waals surface area (Å²) in [6, 6.07) is 1.54. The minimum Gasteiger partial charge on any atom is -0.423 e. The van der Waals surface area contributed by atoms with Crippen LogP contribution in [-0.4, -0.2) is 16.7 Å². The quantitative estimate of drug-likeness (QED) is 0.555. The number of nitrogens with one attached hydrogen (secondary N) is 1. The van der Waals surface area contributed by atoms with Gasteiger partial charge in [0, 0.05) is 23.0 Å². The van der Waals surface area contributed by atoms with E-state index in [1.165, 1.54) is 6.07 Å². The van der Waals surface area contributed by atoms with E-state index < -0.39 is 0 Å². The van der Waals surface area contributed by atoms with Gasteiger partial charge >= 0.3 is 5.63 Å². The Morgan fingerprint density at radius 3 is 2.81 bits per heavy atom. The molecule has 1 aliphatic rings. The summed E-state index contributed by atoms with van der Waals surface area (Å²) < 4.78 is 5.28. The van der Waals surface area contributed by atoms with Gasteiger partial charge in [0.2, 0.25) is 0 Å². The lowest BCUT2D eigenvalue weighted by molar-refractivity contribution is -0.113. The lowest BCUT2D eigenvalue weighted by Crippen LogP contribution is -2.45. The zero-order valence-corrected chi connectivity index (χ0v) is 17.7. The van der Waals surface area contributed by atoms with Crippen molar-refractivity contribution < 1.29 is 9.21 Å². The molecular weight excluding hydrogens is 406 g/mol. The van der Waals surface area contributed by atoms with Crippen molar-refractivity contribution in [3.05, 3.63) is 68.6 Å². The van der Waals surface area contributed by atoms with Crippen molar-refractivity contribution in [1.29, 1.82) is 0 Å². The van der Waals surface area contributed by atoms with Crippen LogP contribution in [0.1, 0.15) is 39.2 Å². The molecule has 5 heteroatoms. The number of allylic oxidation sites excluding steroid dienone is 3. The summed E-state index contributed by atoms with van der Waals surface area (Å²) in [5, 5.41) is 4.97. The molecule has 0 radical (unpaired) electrons. The second-order valence-corrected chi connectivity index (χ2v) is 7.73. The Labute approximate surface area is 168 Å². The standard InChI is InChI=1S/C22H26BrNO3/c1-5-7-17-14-19(26)27-15(2)20(17)21-16(11-12-22(3,4)24-21)9-10-18(25)8-6-13-23/h6,8-9,11-12,14,24H,2,5,7,10,13H2,1,3-4H3/b8-6-,16-9-,21-20-. The summed E-state index contributed by atoms with van der Waals surface area (Å²) in [5.74, 6) is 0.0303. The van der Waals surface area contributed by atoms with Gasteiger partial charge in [-0.1, -0.05) is 60.2 Å². The van der Waals surface area contributed by atoms with Crippen molar-refractivity contribution >= 4 is 34.0 Å². The van der Waals surface area contributed by atoms with Gasteiger partial charge in [-0.2, -0.15) is 0 Å². The van der Waals surface area contributed by atoms with Gasteiger partial charge < -0.3 is 9.73 Å². The van der Waals surface area contributed by atoms with E-state index in [-0.39, 0.29) is 16.9 Å². The number of ketones is 1. The van der Waals surface area contributed by atoms with Gasteiger partial charge in [-0.05, 0) is 37.5 Å². The van der Waals surface area contributed by atoms with Gasteiger partial charge in [-0.3, -0.25) is 4.79 Å². The molecule has 0 spiro atoms. The number of carbonyl (C=O) groups excluding carboxylic acids is 1. The summed E-state index contributed by atoms with van der Waals surface area (Å²) in [6.07, 6.45) is 11.3. The smallest absolute Gasteiger partial charge is 0.336 e. The summed E-state index contributed by atoms with van der Waals surface area (Å²) in [7, 11) is 0. The van der Waals surface area contributed by atoms with Crippen LogP contribution in [-0.2, 0) is 11.2 Å². The van der Waals surface area contributed by atoms with Gasteiger partial charge in [-0.15, -0.1) is 0 Å². The average Bonchev–Trinajstić information content (AvgIpc) is 2.58. The van der Waals surface area contributed by atoms with Crippen molar-refractivity contribution in [3.8, 4) is 0 Å². The number of halogens is 1. The molecule has 1 aliphatic heterocycles. The molecular formula is C22H26BrNO3. The molecule has 1 aromatic heterocycles. The second kappa shape index (κ2) is 9.18. The van der Waals surface area contributed by atoms with E-state index in [0.29, 0.717) is 17.2 Å². The fourth-order valence-corrected chi connectivity index (χ4v) is 3.20. The number of rotatable bonds is 6. The van der Waals surface area contributed by atoms with Gasteiger partial charge in [0.25, 0.3) is 0 Å². The minimum atomic E-state index is -0.390. The second-order valence-electron chi connectivity index (χ2n) is 7.08. The monoisotopic (exact) mass is 431 g/mol. The van der Waals surface area contributed by atoms with E-state index >= 15 is 0 Å². The minimum absolute atomic E-state index is 0.0303. The number of carbonyl (C=O) groups is 1. The Kier molecular flexibility index (Phi) is 7.19. The predicted molar refractivity (Wildman–Crippen MR) is 114 cm³/mol. The fraction of sp³-hybridized carbons (Fsp3) is 0.364. The van der Waals surface area contributed by atoms with Gasteiger partial charge in [-0.25, -0.2) is 4.79 Å². The Balaban J connectivity index is 2.67. The molecule has 2 heterocycles. The molecule has 1 aromatic rings. The van der Waals surface area contributed by atoms with Crippen LogP contribution < -0.4 is 21.6 Å². The summed E-state index contributed by atoms with van der Waals surface area (Å²) in [4.78, 5) is 23.8. The third-order valence-electron chi connectivity index (χ3n) is 4.22. The summed E-state index contributed by atoms with van der Waals surface area (Å²) >= 11 is 3.27. The fourth-order valence-electron chi connectivity index (χ4n) is 3.01. The van der Waals surface area contributed by atoms with E-state index in [0.717, 1.165) is 34.9 Å². The maximum Gasteiger partial charge on any atom is 0.336 e. The number of aryl methyl sites for hydroxylation is 1. The first-order chi connectivity index (χ1) is 12.8. The van der Waals surface area contributed by atoms with Crippen LogP contribution in [0.4, 0.5) is 0 Å². The molecule has 0 fully saturated rings. The molecule has 0 amide bonds. The maximum atomic E-state index is 12.0. The highest BCUT2D eigenvalue weighted by Gasteiger charge is 2.22. The third kappa shape index (κ3) is 5.67. The average molecular weight is 432 g/mol. The Hall–Kier alpha value is -2.14. The Morgan fingerprint density at radius 1 is 1.41 bits per heavy atom. The summed E-state index contributed by atoms with van der Waals surface area (Å²) in [5.41, 5.74) is 2.33. The zero-order valence-electron chi connectivity index (χ0n) is 16.1.